The van der Waals surface area contributed by atoms with Crippen molar-refractivity contribution in [1.29, 1.82) is 0 Å². The van der Waals surface area contributed by atoms with Gasteiger partial charge < -0.3 is 14.9 Å². The summed E-state index contributed by atoms with van der Waals surface area (Å²) in [5, 5.41) is 0.464. The largest absolute Gasteiger partial charge is 0.446 e. The van der Waals surface area contributed by atoms with E-state index in [1.165, 1.54) is 23.9 Å². The van der Waals surface area contributed by atoms with E-state index in [1.807, 2.05) is 13.8 Å². The quantitative estimate of drug-likeness (QED) is 0.862. The van der Waals surface area contributed by atoms with Gasteiger partial charge in [0.25, 0.3) is 0 Å². The van der Waals surface area contributed by atoms with Crippen LogP contribution in [0.5, 0.6) is 0 Å². The van der Waals surface area contributed by atoms with Crippen molar-refractivity contribution in [3.8, 4) is 0 Å². The molecule has 4 atom stereocenters. The lowest BCUT2D eigenvalue weighted by Crippen LogP contribution is -2.51. The van der Waals surface area contributed by atoms with Crippen LogP contribution in [0.15, 0.2) is 33.9 Å². The van der Waals surface area contributed by atoms with Crippen LogP contribution in [0.25, 0.3) is 0 Å². The van der Waals surface area contributed by atoms with Gasteiger partial charge in [0.05, 0.1) is 12.3 Å². The van der Waals surface area contributed by atoms with Crippen molar-refractivity contribution in [2.75, 3.05) is 6.61 Å². The number of hydrogen-bond acceptors (Lipinski definition) is 6. The van der Waals surface area contributed by atoms with Crippen LogP contribution in [-0.2, 0) is 10.3 Å². The Morgan fingerprint density at radius 1 is 1.35 bits per heavy atom. The van der Waals surface area contributed by atoms with Crippen LogP contribution in [-0.4, -0.2) is 22.0 Å². The van der Waals surface area contributed by atoms with Gasteiger partial charge in [-0.3, -0.25) is 0 Å². The fourth-order valence-electron chi connectivity index (χ4n) is 3.89. The summed E-state index contributed by atoms with van der Waals surface area (Å²) in [5.41, 5.74) is 6.12. The first kappa shape index (κ1) is 17.5. The van der Waals surface area contributed by atoms with Gasteiger partial charge in [-0.1, -0.05) is 24.8 Å². The van der Waals surface area contributed by atoms with E-state index in [4.69, 9.17) is 14.9 Å². The Balaban J connectivity index is 1.77. The van der Waals surface area contributed by atoms with E-state index in [1.54, 1.807) is 6.26 Å². The highest BCUT2D eigenvalue weighted by Crippen LogP contribution is 2.52. The minimum Gasteiger partial charge on any atom is -0.446 e. The van der Waals surface area contributed by atoms with Crippen molar-refractivity contribution >= 4 is 16.9 Å². The average molecular weight is 379 g/mol. The van der Waals surface area contributed by atoms with Gasteiger partial charge in [0, 0.05) is 22.8 Å². The maximum atomic E-state index is 14.6. The number of amidine groups is 1. The summed E-state index contributed by atoms with van der Waals surface area (Å²) in [6.45, 7) is 4.01. The second-order valence-corrected chi connectivity index (χ2v) is 8.19. The van der Waals surface area contributed by atoms with Gasteiger partial charge in [0.15, 0.2) is 5.17 Å². The number of aryl methyl sites for hydroxylation is 1. The van der Waals surface area contributed by atoms with Crippen LogP contribution in [0.2, 0.25) is 0 Å². The maximum absolute atomic E-state index is 14.6. The number of ether oxygens (including phenoxy) is 1. The average Bonchev–Trinajstić information content (AvgIpc) is 3.00. The molecule has 2 aliphatic heterocycles. The van der Waals surface area contributed by atoms with Crippen molar-refractivity contribution in [2.24, 2.45) is 16.6 Å². The van der Waals surface area contributed by atoms with Gasteiger partial charge in [-0.2, -0.15) is 0 Å². The monoisotopic (exact) mass is 379 g/mol. The van der Waals surface area contributed by atoms with Gasteiger partial charge in [-0.15, -0.1) is 0 Å². The Labute approximate surface area is 154 Å². The van der Waals surface area contributed by atoms with Crippen LogP contribution in [0, 0.1) is 24.5 Å². The van der Waals surface area contributed by atoms with Crippen molar-refractivity contribution in [3.05, 3.63) is 53.2 Å². The number of rotatable bonds is 2. The molecule has 138 valence electrons. The highest BCUT2D eigenvalue weighted by Gasteiger charge is 2.52. The maximum Gasteiger partial charge on any atom is 0.223 e. The highest BCUT2D eigenvalue weighted by molar-refractivity contribution is 8.14. The summed E-state index contributed by atoms with van der Waals surface area (Å²) in [6, 6.07) is 3.56. The van der Waals surface area contributed by atoms with Gasteiger partial charge in [0.2, 0.25) is 5.89 Å². The number of aliphatic imine (C=N–C) groups is 1. The summed E-state index contributed by atoms with van der Waals surface area (Å²) >= 11 is 1.46. The zero-order valence-electron chi connectivity index (χ0n) is 14.4. The number of thioether (sulfide) groups is 1. The van der Waals surface area contributed by atoms with Crippen molar-refractivity contribution in [3.63, 3.8) is 0 Å². The summed E-state index contributed by atoms with van der Waals surface area (Å²) < 4.78 is 39.5. The molecule has 0 bridgehead atoms. The second-order valence-electron chi connectivity index (χ2n) is 6.79. The predicted molar refractivity (Wildman–Crippen MR) is 94.8 cm³/mol. The number of aromatic nitrogens is 1. The molecule has 1 saturated heterocycles. The normalized spacial score (nSPS) is 31.4. The lowest BCUT2D eigenvalue weighted by atomic mass is 9.72. The molecule has 2 unspecified atom stereocenters. The van der Waals surface area contributed by atoms with E-state index >= 15 is 0 Å². The number of oxazole rings is 1. The first-order valence-electron chi connectivity index (χ1n) is 8.40. The van der Waals surface area contributed by atoms with Gasteiger partial charge in [0.1, 0.15) is 29.5 Å². The van der Waals surface area contributed by atoms with E-state index in [0.29, 0.717) is 23.0 Å². The zero-order valence-corrected chi connectivity index (χ0v) is 15.2. The molecule has 0 saturated carbocycles. The SMILES string of the molecule is Cc1coc([C@H]2CC3[C@@H](C)SC(N)=NC3(c3ccc(F)cc3F)CO2)n1. The molecule has 4 rings (SSSR count). The van der Waals surface area contributed by atoms with Crippen LogP contribution in [0.3, 0.4) is 0 Å². The molecule has 3 heterocycles. The standard InChI is InChI=1S/C18H19F2N3O2S/c1-9-7-24-16(22-9)15-6-13-10(2)26-17(21)23-18(13,8-25-15)12-4-3-11(19)5-14(12)20/h3-5,7,10,13,15H,6,8H2,1-2H3,(H2,21,23)/t10-,13?,15-,18?/m1/s1. The van der Waals surface area contributed by atoms with Crippen LogP contribution < -0.4 is 5.73 Å². The number of hydrogen-bond donors (Lipinski definition) is 1. The summed E-state index contributed by atoms with van der Waals surface area (Å²) in [7, 11) is 0. The van der Waals surface area contributed by atoms with Crippen LogP contribution in [0.1, 0.15) is 36.6 Å². The Bertz CT molecular complexity index is 872. The molecule has 1 aromatic carbocycles. The fourth-order valence-corrected chi connectivity index (χ4v) is 4.99. The third kappa shape index (κ3) is 2.81. The molecule has 0 spiro atoms. The summed E-state index contributed by atoms with van der Waals surface area (Å²) in [6.07, 6.45) is 1.81. The lowest BCUT2D eigenvalue weighted by molar-refractivity contribution is -0.0749. The molecule has 8 heteroatoms. The Morgan fingerprint density at radius 3 is 2.85 bits per heavy atom. The van der Waals surface area contributed by atoms with E-state index in [0.717, 1.165) is 11.8 Å². The molecular weight excluding hydrogens is 360 g/mol. The van der Waals surface area contributed by atoms with E-state index in [9.17, 15) is 8.78 Å². The minimum absolute atomic E-state index is 0.0642. The third-order valence-electron chi connectivity index (χ3n) is 5.08. The van der Waals surface area contributed by atoms with Gasteiger partial charge >= 0.3 is 0 Å². The topological polar surface area (TPSA) is 73.6 Å². The van der Waals surface area contributed by atoms with Crippen LogP contribution >= 0.6 is 11.8 Å². The minimum atomic E-state index is -0.981. The number of nitrogens with zero attached hydrogens (tertiary/aromatic N) is 2. The van der Waals surface area contributed by atoms with Crippen molar-refractivity contribution in [2.45, 2.75) is 37.2 Å². The molecule has 1 fully saturated rings. The molecule has 1 aromatic heterocycles. The highest BCUT2D eigenvalue weighted by atomic mass is 32.2. The zero-order chi connectivity index (χ0) is 18.5. The lowest BCUT2D eigenvalue weighted by Gasteiger charge is -2.48. The predicted octanol–water partition coefficient (Wildman–Crippen LogP) is 3.68. The van der Waals surface area contributed by atoms with E-state index in [2.05, 4.69) is 9.98 Å². The molecule has 0 radical (unpaired) electrons. The first-order valence-corrected chi connectivity index (χ1v) is 9.28. The number of benzene rings is 1. The Morgan fingerprint density at radius 2 is 2.15 bits per heavy atom. The van der Waals surface area contributed by atoms with E-state index in [-0.39, 0.29) is 23.9 Å². The Kier molecular flexibility index (Phi) is 4.27. The molecular formula is C18H19F2N3O2S. The number of halogens is 2. The number of fused-ring (bicyclic) bond motifs is 1. The second kappa shape index (κ2) is 6.35. The van der Waals surface area contributed by atoms with Crippen molar-refractivity contribution in [1.82, 2.24) is 4.98 Å². The van der Waals surface area contributed by atoms with Crippen molar-refractivity contribution < 1.29 is 17.9 Å². The first-order chi connectivity index (χ1) is 12.4. The molecule has 2 N–H and O–H groups in total. The molecule has 0 amide bonds. The summed E-state index contributed by atoms with van der Waals surface area (Å²) in [4.78, 5) is 8.95. The van der Waals surface area contributed by atoms with E-state index < -0.39 is 17.2 Å². The molecule has 2 aliphatic rings. The third-order valence-corrected chi connectivity index (χ3v) is 6.11. The molecule has 26 heavy (non-hydrogen) atoms. The molecule has 2 aromatic rings. The Hall–Kier alpha value is -1.93. The van der Waals surface area contributed by atoms with Crippen LogP contribution in [0.4, 0.5) is 8.78 Å². The number of nitrogens with two attached hydrogens (primary N) is 1. The fraction of sp³-hybridized carbons (Fsp3) is 0.444. The molecule has 5 nitrogen and oxygen atoms in total. The molecule has 0 aliphatic carbocycles. The van der Waals surface area contributed by atoms with Gasteiger partial charge in [-0.25, -0.2) is 18.8 Å². The van der Waals surface area contributed by atoms with Gasteiger partial charge in [-0.05, 0) is 19.4 Å². The summed E-state index contributed by atoms with van der Waals surface area (Å²) in [5.74, 6) is -0.819. The smallest absolute Gasteiger partial charge is 0.223 e.